The average Bonchev–Trinajstić information content (AvgIpc) is 2.83. The maximum atomic E-state index is 11.9. The van der Waals surface area contributed by atoms with Crippen molar-refractivity contribution in [3.05, 3.63) is 46.5 Å². The predicted molar refractivity (Wildman–Crippen MR) is 78.2 cm³/mol. The van der Waals surface area contributed by atoms with Crippen LogP contribution in [0.5, 0.6) is 0 Å². The summed E-state index contributed by atoms with van der Waals surface area (Å²) in [5, 5.41) is 3.32. The summed E-state index contributed by atoms with van der Waals surface area (Å²) < 4.78 is 0. The fourth-order valence-corrected chi connectivity index (χ4v) is 3.26. The van der Waals surface area contributed by atoms with Gasteiger partial charge in [0.25, 0.3) is 0 Å². The van der Waals surface area contributed by atoms with Crippen molar-refractivity contribution >= 4 is 28.2 Å². The standard InChI is InChI=1S/C15H14N2O2S/c18-12-8-4-7-11-14(12)20-15(16-11)17-13(19)9-10-5-2-1-3-6-10/h1-3,5-6H,4,7-9H2,(H,16,17,19). The number of thiazole rings is 1. The van der Waals surface area contributed by atoms with Crippen LogP contribution in [-0.4, -0.2) is 16.7 Å². The lowest BCUT2D eigenvalue weighted by Gasteiger charge is -2.05. The molecule has 0 fully saturated rings. The van der Waals surface area contributed by atoms with Crippen molar-refractivity contribution in [1.82, 2.24) is 4.98 Å². The predicted octanol–water partition coefficient (Wildman–Crippen LogP) is 2.84. The van der Waals surface area contributed by atoms with Crippen molar-refractivity contribution < 1.29 is 9.59 Å². The average molecular weight is 286 g/mol. The van der Waals surface area contributed by atoms with Crippen molar-refractivity contribution in [2.75, 3.05) is 5.32 Å². The number of benzene rings is 1. The molecule has 0 radical (unpaired) electrons. The van der Waals surface area contributed by atoms with Crippen LogP contribution < -0.4 is 5.32 Å². The lowest BCUT2D eigenvalue weighted by atomic mass is 10.0. The number of hydrogen-bond acceptors (Lipinski definition) is 4. The van der Waals surface area contributed by atoms with Crippen molar-refractivity contribution in [1.29, 1.82) is 0 Å². The second kappa shape index (κ2) is 5.54. The van der Waals surface area contributed by atoms with Gasteiger partial charge in [-0.3, -0.25) is 9.59 Å². The van der Waals surface area contributed by atoms with Gasteiger partial charge in [0.1, 0.15) is 0 Å². The molecule has 5 heteroatoms. The Morgan fingerprint density at radius 1 is 1.25 bits per heavy atom. The van der Waals surface area contributed by atoms with Crippen LogP contribution >= 0.6 is 11.3 Å². The second-order valence-corrected chi connectivity index (χ2v) is 5.78. The number of anilines is 1. The van der Waals surface area contributed by atoms with Crippen LogP contribution in [0.2, 0.25) is 0 Å². The third-order valence-electron chi connectivity index (χ3n) is 3.22. The first-order valence-corrected chi connectivity index (χ1v) is 7.41. The molecule has 1 heterocycles. The number of Topliss-reactive ketones (excluding diaryl/α,β-unsaturated/α-hetero) is 1. The van der Waals surface area contributed by atoms with E-state index >= 15 is 0 Å². The van der Waals surface area contributed by atoms with E-state index in [1.807, 2.05) is 30.3 Å². The van der Waals surface area contributed by atoms with E-state index in [4.69, 9.17) is 0 Å². The first-order chi connectivity index (χ1) is 9.72. The first-order valence-electron chi connectivity index (χ1n) is 6.59. The number of amides is 1. The number of hydrogen-bond donors (Lipinski definition) is 1. The number of rotatable bonds is 3. The van der Waals surface area contributed by atoms with Gasteiger partial charge in [0.2, 0.25) is 5.91 Å². The second-order valence-electron chi connectivity index (χ2n) is 4.78. The van der Waals surface area contributed by atoms with Crippen LogP contribution in [0.3, 0.4) is 0 Å². The minimum atomic E-state index is -0.102. The normalized spacial score (nSPS) is 13.9. The summed E-state index contributed by atoms with van der Waals surface area (Å²) in [7, 11) is 0. The van der Waals surface area contributed by atoms with Crippen molar-refractivity contribution in [2.24, 2.45) is 0 Å². The molecule has 0 spiro atoms. The lowest BCUT2D eigenvalue weighted by molar-refractivity contribution is -0.115. The monoisotopic (exact) mass is 286 g/mol. The third-order valence-corrected chi connectivity index (χ3v) is 4.28. The third kappa shape index (κ3) is 2.77. The minimum Gasteiger partial charge on any atom is -0.302 e. The van der Waals surface area contributed by atoms with Gasteiger partial charge in [-0.25, -0.2) is 4.98 Å². The molecule has 1 N–H and O–H groups in total. The summed E-state index contributed by atoms with van der Waals surface area (Å²) >= 11 is 1.29. The molecule has 1 aliphatic rings. The molecule has 1 aromatic heterocycles. The van der Waals surface area contributed by atoms with Gasteiger partial charge >= 0.3 is 0 Å². The molecular formula is C15H14N2O2S. The highest BCUT2D eigenvalue weighted by atomic mass is 32.1. The molecular weight excluding hydrogens is 272 g/mol. The van der Waals surface area contributed by atoms with Crippen LogP contribution in [0.25, 0.3) is 0 Å². The molecule has 102 valence electrons. The zero-order chi connectivity index (χ0) is 13.9. The number of carbonyl (C=O) groups excluding carboxylic acids is 2. The molecule has 0 bridgehead atoms. The van der Waals surface area contributed by atoms with Gasteiger partial charge in [-0.2, -0.15) is 0 Å². The topological polar surface area (TPSA) is 59.1 Å². The quantitative estimate of drug-likeness (QED) is 0.944. The lowest BCUT2D eigenvalue weighted by Crippen LogP contribution is -2.14. The van der Waals surface area contributed by atoms with E-state index in [0.717, 1.165) is 24.1 Å². The number of ketones is 1. The van der Waals surface area contributed by atoms with Gasteiger partial charge in [-0.1, -0.05) is 41.7 Å². The largest absolute Gasteiger partial charge is 0.302 e. The zero-order valence-corrected chi connectivity index (χ0v) is 11.7. The van der Waals surface area contributed by atoms with Crippen molar-refractivity contribution in [3.8, 4) is 0 Å². The number of aryl methyl sites for hydroxylation is 1. The molecule has 1 amide bonds. The molecule has 2 aromatic rings. The van der Waals surface area contributed by atoms with Crippen LogP contribution in [0.4, 0.5) is 5.13 Å². The molecule has 1 aliphatic carbocycles. The Bertz CT molecular complexity index is 649. The zero-order valence-electron chi connectivity index (χ0n) is 10.9. The molecule has 0 unspecified atom stereocenters. The maximum absolute atomic E-state index is 11.9. The Labute approximate surface area is 120 Å². The Morgan fingerprint density at radius 2 is 2.05 bits per heavy atom. The molecule has 0 saturated carbocycles. The van der Waals surface area contributed by atoms with E-state index in [1.54, 1.807) is 0 Å². The molecule has 4 nitrogen and oxygen atoms in total. The van der Waals surface area contributed by atoms with E-state index in [0.29, 0.717) is 22.9 Å². The molecule has 0 atom stereocenters. The minimum absolute atomic E-state index is 0.102. The summed E-state index contributed by atoms with van der Waals surface area (Å²) in [6.45, 7) is 0. The van der Waals surface area contributed by atoms with E-state index in [9.17, 15) is 9.59 Å². The maximum Gasteiger partial charge on any atom is 0.230 e. The SMILES string of the molecule is O=C(Cc1ccccc1)Nc1nc2c(s1)C(=O)CCC2. The van der Waals surface area contributed by atoms with Gasteiger partial charge in [0.05, 0.1) is 17.0 Å². The van der Waals surface area contributed by atoms with E-state index in [1.165, 1.54) is 11.3 Å². The van der Waals surface area contributed by atoms with E-state index in [-0.39, 0.29) is 11.7 Å². The van der Waals surface area contributed by atoms with Gasteiger partial charge in [0.15, 0.2) is 10.9 Å². The van der Waals surface area contributed by atoms with Crippen LogP contribution in [0.1, 0.15) is 33.8 Å². The smallest absolute Gasteiger partial charge is 0.230 e. The van der Waals surface area contributed by atoms with Gasteiger partial charge in [-0.05, 0) is 18.4 Å². The Balaban J connectivity index is 1.69. The Hall–Kier alpha value is -2.01. The highest BCUT2D eigenvalue weighted by Crippen LogP contribution is 2.29. The number of fused-ring (bicyclic) bond motifs is 1. The van der Waals surface area contributed by atoms with E-state index < -0.39 is 0 Å². The number of carbonyl (C=O) groups is 2. The summed E-state index contributed by atoms with van der Waals surface area (Å²) in [6.07, 6.45) is 2.59. The Kier molecular flexibility index (Phi) is 3.60. The number of nitrogens with zero attached hydrogens (tertiary/aromatic N) is 1. The van der Waals surface area contributed by atoms with E-state index in [2.05, 4.69) is 10.3 Å². The fraction of sp³-hybridized carbons (Fsp3) is 0.267. The van der Waals surface area contributed by atoms with Crippen LogP contribution in [0, 0.1) is 0 Å². The molecule has 20 heavy (non-hydrogen) atoms. The van der Waals surface area contributed by atoms with Gasteiger partial charge in [-0.15, -0.1) is 0 Å². The molecule has 0 aliphatic heterocycles. The fourth-order valence-electron chi connectivity index (χ4n) is 2.27. The van der Waals surface area contributed by atoms with Crippen LogP contribution in [0.15, 0.2) is 30.3 Å². The summed E-state index contributed by atoms with van der Waals surface area (Å²) in [6, 6.07) is 9.56. The van der Waals surface area contributed by atoms with Crippen LogP contribution in [-0.2, 0) is 17.6 Å². The highest BCUT2D eigenvalue weighted by Gasteiger charge is 2.22. The number of nitrogens with one attached hydrogen (secondary N) is 1. The Morgan fingerprint density at radius 3 is 2.80 bits per heavy atom. The summed E-state index contributed by atoms with van der Waals surface area (Å²) in [4.78, 5) is 28.7. The first kappa shape index (κ1) is 13.0. The van der Waals surface area contributed by atoms with Crippen molar-refractivity contribution in [2.45, 2.75) is 25.7 Å². The summed E-state index contributed by atoms with van der Waals surface area (Å²) in [5.41, 5.74) is 1.80. The number of aromatic nitrogens is 1. The van der Waals surface area contributed by atoms with Gasteiger partial charge < -0.3 is 5.32 Å². The highest BCUT2D eigenvalue weighted by molar-refractivity contribution is 7.17. The summed E-state index contributed by atoms with van der Waals surface area (Å²) in [5.74, 6) is 0.0436. The molecule has 1 aromatic carbocycles. The molecule has 0 saturated heterocycles. The van der Waals surface area contributed by atoms with Gasteiger partial charge in [0, 0.05) is 6.42 Å². The molecule has 3 rings (SSSR count). The van der Waals surface area contributed by atoms with Crippen molar-refractivity contribution in [3.63, 3.8) is 0 Å².